The molecule has 0 saturated carbocycles. The van der Waals surface area contributed by atoms with Crippen LogP contribution in [0.4, 0.5) is 5.69 Å². The molecule has 7 nitrogen and oxygen atoms in total. The smallest absolute Gasteiger partial charge is 0.255 e. The van der Waals surface area contributed by atoms with Crippen LogP contribution >= 0.6 is 0 Å². The average Bonchev–Trinajstić information content (AvgIpc) is 2.75. The van der Waals surface area contributed by atoms with Crippen molar-refractivity contribution in [3.63, 3.8) is 0 Å². The monoisotopic (exact) mass is 432 g/mol. The summed E-state index contributed by atoms with van der Waals surface area (Å²) in [6, 6.07) is 11.0. The van der Waals surface area contributed by atoms with Gasteiger partial charge in [-0.1, -0.05) is 26.0 Å². The molecule has 2 aromatic rings. The fourth-order valence-corrected chi connectivity index (χ4v) is 3.55. The Morgan fingerprint density at radius 2 is 1.73 bits per heavy atom. The molecule has 0 radical (unpaired) electrons. The Morgan fingerprint density at radius 3 is 2.40 bits per heavy atom. The van der Waals surface area contributed by atoms with Gasteiger partial charge in [0.1, 0.15) is 0 Å². The molecule has 0 aliphatic rings. The van der Waals surface area contributed by atoms with Gasteiger partial charge in [0.25, 0.3) is 5.91 Å². The molecule has 0 bridgehead atoms. The summed E-state index contributed by atoms with van der Waals surface area (Å²) in [5.74, 6) is 0.733. The Kier molecular flexibility index (Phi) is 8.89. The quantitative estimate of drug-likeness (QED) is 0.495. The highest BCUT2D eigenvalue weighted by molar-refractivity contribution is 7.89. The lowest BCUT2D eigenvalue weighted by Gasteiger charge is -2.14. The molecule has 8 heteroatoms. The number of hydrogen-bond donors (Lipinski definition) is 2. The van der Waals surface area contributed by atoms with Crippen LogP contribution in [0.15, 0.2) is 60.0 Å². The summed E-state index contributed by atoms with van der Waals surface area (Å²) in [7, 11) is -3.72. The van der Waals surface area contributed by atoms with Crippen molar-refractivity contribution in [2.45, 2.75) is 31.6 Å². The van der Waals surface area contributed by atoms with Gasteiger partial charge in [-0.05, 0) is 43.2 Å². The van der Waals surface area contributed by atoms with E-state index in [1.54, 1.807) is 24.3 Å². The predicted molar refractivity (Wildman–Crippen MR) is 118 cm³/mol. The zero-order valence-electron chi connectivity index (χ0n) is 17.3. The normalized spacial score (nSPS) is 11.0. The third-order valence-electron chi connectivity index (χ3n) is 3.95. The highest BCUT2D eigenvalue weighted by Gasteiger charge is 2.16. The minimum absolute atomic E-state index is 0.00674. The molecule has 0 spiro atoms. The van der Waals surface area contributed by atoms with Crippen molar-refractivity contribution in [1.29, 1.82) is 0 Å². The van der Waals surface area contributed by atoms with E-state index in [2.05, 4.69) is 16.6 Å². The van der Waals surface area contributed by atoms with Crippen LogP contribution < -0.4 is 19.5 Å². The van der Waals surface area contributed by atoms with Gasteiger partial charge in [0.2, 0.25) is 10.0 Å². The van der Waals surface area contributed by atoms with Crippen molar-refractivity contribution in [3.05, 3.63) is 60.7 Å². The zero-order valence-corrected chi connectivity index (χ0v) is 18.1. The molecule has 162 valence electrons. The zero-order chi connectivity index (χ0) is 22.0. The Hall–Kier alpha value is -2.84. The first-order valence-corrected chi connectivity index (χ1v) is 11.3. The van der Waals surface area contributed by atoms with Crippen molar-refractivity contribution in [3.8, 4) is 11.5 Å². The Morgan fingerprint density at radius 1 is 1.03 bits per heavy atom. The molecule has 0 unspecified atom stereocenters. The highest BCUT2D eigenvalue weighted by atomic mass is 32.2. The third kappa shape index (κ3) is 6.60. The van der Waals surface area contributed by atoms with E-state index in [0.717, 1.165) is 12.8 Å². The second-order valence-corrected chi connectivity index (χ2v) is 8.25. The third-order valence-corrected chi connectivity index (χ3v) is 5.37. The van der Waals surface area contributed by atoms with Crippen LogP contribution in [0.5, 0.6) is 11.5 Å². The molecule has 0 aliphatic carbocycles. The molecule has 0 aliphatic heterocycles. The van der Waals surface area contributed by atoms with E-state index in [1.165, 1.54) is 24.3 Å². The van der Waals surface area contributed by atoms with Gasteiger partial charge in [0.15, 0.2) is 11.5 Å². The van der Waals surface area contributed by atoms with Crippen molar-refractivity contribution < 1.29 is 22.7 Å². The maximum Gasteiger partial charge on any atom is 0.255 e. The summed E-state index contributed by atoms with van der Waals surface area (Å²) in [6.45, 7) is 8.70. The Labute approximate surface area is 178 Å². The standard InChI is InChI=1S/C22H28N2O5S/c1-4-12-23-30(26,27)19-9-7-8-17(15-19)22(25)24-18-10-11-20(28-13-5-2)21(16-18)29-14-6-3/h4,7-11,15-16,23H,1,5-6,12-14H2,2-3H3,(H,24,25). The predicted octanol–water partition coefficient (Wildman–Crippen LogP) is 3.98. The van der Waals surface area contributed by atoms with E-state index in [0.29, 0.717) is 30.4 Å². The van der Waals surface area contributed by atoms with Gasteiger partial charge in [-0.2, -0.15) is 0 Å². The number of carbonyl (C=O) groups excluding carboxylic acids is 1. The lowest BCUT2D eigenvalue weighted by atomic mass is 10.2. The molecule has 30 heavy (non-hydrogen) atoms. The van der Waals surface area contributed by atoms with Crippen LogP contribution in [0.1, 0.15) is 37.0 Å². The Bertz CT molecular complexity index is 973. The van der Waals surface area contributed by atoms with E-state index in [-0.39, 0.29) is 17.0 Å². The summed E-state index contributed by atoms with van der Waals surface area (Å²) < 4.78 is 38.4. The van der Waals surface area contributed by atoms with Crippen LogP contribution in [0.3, 0.4) is 0 Å². The number of anilines is 1. The Balaban J connectivity index is 2.21. The number of benzene rings is 2. The first-order valence-electron chi connectivity index (χ1n) is 9.82. The fourth-order valence-electron chi connectivity index (χ4n) is 2.50. The number of hydrogen-bond acceptors (Lipinski definition) is 5. The van der Waals surface area contributed by atoms with E-state index >= 15 is 0 Å². The SMILES string of the molecule is C=CCNS(=O)(=O)c1cccc(C(=O)Nc2ccc(OCCC)c(OCCC)c2)c1. The molecular weight excluding hydrogens is 404 g/mol. The summed E-state index contributed by atoms with van der Waals surface area (Å²) in [4.78, 5) is 12.7. The maximum atomic E-state index is 12.7. The van der Waals surface area contributed by atoms with Crippen LogP contribution in [0, 0.1) is 0 Å². The number of nitrogens with one attached hydrogen (secondary N) is 2. The molecule has 0 heterocycles. The van der Waals surface area contributed by atoms with Gasteiger partial charge in [0.05, 0.1) is 18.1 Å². The molecule has 1 amide bonds. The summed E-state index contributed by atoms with van der Waals surface area (Å²) in [5.41, 5.74) is 0.742. The van der Waals surface area contributed by atoms with Gasteiger partial charge in [0, 0.05) is 23.9 Å². The summed E-state index contributed by atoms with van der Waals surface area (Å²) in [5, 5.41) is 2.77. The number of sulfonamides is 1. The van der Waals surface area contributed by atoms with Gasteiger partial charge >= 0.3 is 0 Å². The molecule has 0 saturated heterocycles. The topological polar surface area (TPSA) is 93.7 Å². The van der Waals surface area contributed by atoms with Crippen LogP contribution in [-0.4, -0.2) is 34.1 Å². The molecule has 2 aromatic carbocycles. The van der Waals surface area contributed by atoms with E-state index in [1.807, 2.05) is 13.8 Å². The first kappa shape index (κ1) is 23.4. The van der Waals surface area contributed by atoms with Crippen molar-refractivity contribution in [2.75, 3.05) is 25.1 Å². The molecule has 0 fully saturated rings. The minimum Gasteiger partial charge on any atom is -0.490 e. The molecule has 0 atom stereocenters. The van der Waals surface area contributed by atoms with E-state index in [9.17, 15) is 13.2 Å². The van der Waals surface area contributed by atoms with Gasteiger partial charge in [-0.25, -0.2) is 13.1 Å². The van der Waals surface area contributed by atoms with Crippen molar-refractivity contribution in [1.82, 2.24) is 4.72 Å². The minimum atomic E-state index is -3.72. The lowest BCUT2D eigenvalue weighted by Crippen LogP contribution is -2.24. The molecule has 0 aromatic heterocycles. The van der Waals surface area contributed by atoms with Crippen LogP contribution in [-0.2, 0) is 10.0 Å². The van der Waals surface area contributed by atoms with Crippen molar-refractivity contribution in [2.24, 2.45) is 0 Å². The molecule has 2 rings (SSSR count). The van der Waals surface area contributed by atoms with Crippen molar-refractivity contribution >= 4 is 21.6 Å². The molecular formula is C22H28N2O5S. The van der Waals surface area contributed by atoms with Gasteiger partial charge in [-0.3, -0.25) is 4.79 Å². The number of amides is 1. The van der Waals surface area contributed by atoms with Crippen LogP contribution in [0.25, 0.3) is 0 Å². The van der Waals surface area contributed by atoms with Gasteiger partial charge in [-0.15, -0.1) is 6.58 Å². The van der Waals surface area contributed by atoms with E-state index < -0.39 is 15.9 Å². The summed E-state index contributed by atoms with van der Waals surface area (Å²) >= 11 is 0. The van der Waals surface area contributed by atoms with Gasteiger partial charge < -0.3 is 14.8 Å². The van der Waals surface area contributed by atoms with E-state index in [4.69, 9.17) is 9.47 Å². The lowest BCUT2D eigenvalue weighted by molar-refractivity contribution is 0.102. The second-order valence-electron chi connectivity index (χ2n) is 6.48. The van der Waals surface area contributed by atoms with Crippen LogP contribution in [0.2, 0.25) is 0 Å². The average molecular weight is 433 g/mol. The number of carbonyl (C=O) groups is 1. The highest BCUT2D eigenvalue weighted by Crippen LogP contribution is 2.31. The second kappa shape index (κ2) is 11.4. The summed E-state index contributed by atoms with van der Waals surface area (Å²) in [6.07, 6.45) is 3.15. The first-order chi connectivity index (χ1) is 14.4. The number of rotatable bonds is 12. The number of ether oxygens (including phenoxy) is 2. The maximum absolute atomic E-state index is 12.7. The fraction of sp³-hybridized carbons (Fsp3) is 0.318. The largest absolute Gasteiger partial charge is 0.490 e. The molecule has 2 N–H and O–H groups in total.